The number of halogens is 2. The molecule has 0 aromatic rings. The Bertz CT molecular complexity index is 391. The van der Waals surface area contributed by atoms with E-state index in [0.29, 0.717) is 18.9 Å². The molecule has 2 fully saturated rings. The molecule has 0 aliphatic carbocycles. The van der Waals surface area contributed by atoms with Crippen LogP contribution in [-0.2, 0) is 0 Å². The first kappa shape index (κ1) is 21.1. The van der Waals surface area contributed by atoms with E-state index < -0.39 is 11.8 Å². The summed E-state index contributed by atoms with van der Waals surface area (Å²) in [5.41, 5.74) is 0. The monoisotopic (exact) mass is 358 g/mol. The van der Waals surface area contributed by atoms with Crippen LogP contribution in [0.5, 0.6) is 0 Å². The second-order valence-corrected chi connectivity index (χ2v) is 9.02. The predicted octanol–water partition coefficient (Wildman–Crippen LogP) is 5.28. The molecule has 2 heterocycles. The van der Waals surface area contributed by atoms with Gasteiger partial charge in [0, 0.05) is 18.0 Å². The van der Waals surface area contributed by atoms with Gasteiger partial charge >= 0.3 is 0 Å². The molecule has 0 spiro atoms. The predicted molar refractivity (Wildman–Crippen MR) is 102 cm³/mol. The van der Waals surface area contributed by atoms with E-state index in [1.165, 1.54) is 25.9 Å². The molecule has 0 radical (unpaired) electrons. The lowest BCUT2D eigenvalue weighted by atomic mass is 9.86. The van der Waals surface area contributed by atoms with E-state index in [4.69, 9.17) is 0 Å². The van der Waals surface area contributed by atoms with Crippen molar-refractivity contribution in [1.29, 1.82) is 0 Å². The summed E-state index contributed by atoms with van der Waals surface area (Å²) in [5.74, 6) is -1.25. The first-order valence-corrected chi connectivity index (χ1v) is 10.6. The van der Waals surface area contributed by atoms with Crippen LogP contribution in [0.2, 0.25) is 0 Å². The average molecular weight is 359 g/mol. The third kappa shape index (κ3) is 5.63. The first-order chi connectivity index (χ1) is 11.7. The summed E-state index contributed by atoms with van der Waals surface area (Å²) >= 11 is 0. The Balaban J connectivity index is 1.74. The molecule has 3 atom stereocenters. The quantitative estimate of drug-likeness (QED) is 0.611. The lowest BCUT2D eigenvalue weighted by Gasteiger charge is -2.42. The van der Waals surface area contributed by atoms with Gasteiger partial charge in [-0.25, -0.2) is 8.78 Å². The molecule has 2 saturated heterocycles. The maximum Gasteiger partial charge on any atom is 0.263 e. The van der Waals surface area contributed by atoms with Gasteiger partial charge < -0.3 is 4.90 Å². The van der Waals surface area contributed by atoms with Crippen molar-refractivity contribution in [3.63, 3.8) is 0 Å². The highest BCUT2D eigenvalue weighted by Crippen LogP contribution is 2.36. The maximum absolute atomic E-state index is 14.2. The molecule has 0 aromatic heterocycles. The SMILES string of the molecule is CCC1CCN(C(C)CCC(C)N2CCC(C(C)C)CC2)CC1(F)F. The minimum atomic E-state index is -2.51. The number of hydrogen-bond acceptors (Lipinski definition) is 2. The minimum Gasteiger partial charge on any atom is -0.301 e. The van der Waals surface area contributed by atoms with E-state index in [0.717, 1.165) is 31.2 Å². The zero-order chi connectivity index (χ0) is 18.6. The second kappa shape index (κ2) is 9.12. The van der Waals surface area contributed by atoms with Crippen LogP contribution >= 0.6 is 0 Å². The van der Waals surface area contributed by atoms with Crippen LogP contribution in [-0.4, -0.2) is 54.0 Å². The topological polar surface area (TPSA) is 6.48 Å². The summed E-state index contributed by atoms with van der Waals surface area (Å²) in [6.45, 7) is 14.2. The molecule has 4 heteroatoms. The fraction of sp³-hybridized carbons (Fsp3) is 1.00. The molecular formula is C21H40F2N2. The Kier molecular flexibility index (Phi) is 7.69. The van der Waals surface area contributed by atoms with Crippen molar-refractivity contribution in [2.75, 3.05) is 26.2 Å². The fourth-order valence-corrected chi connectivity index (χ4v) is 4.77. The third-order valence-corrected chi connectivity index (χ3v) is 7.03. The molecule has 2 aliphatic heterocycles. The molecule has 2 rings (SSSR count). The normalized spacial score (nSPS) is 29.0. The van der Waals surface area contributed by atoms with Gasteiger partial charge in [0.05, 0.1) is 6.54 Å². The zero-order valence-electron chi connectivity index (χ0n) is 17.1. The van der Waals surface area contributed by atoms with E-state index in [1.54, 1.807) is 0 Å². The highest BCUT2D eigenvalue weighted by atomic mass is 19.3. The van der Waals surface area contributed by atoms with Crippen molar-refractivity contribution in [3.8, 4) is 0 Å². The maximum atomic E-state index is 14.2. The Morgan fingerprint density at radius 2 is 1.40 bits per heavy atom. The van der Waals surface area contributed by atoms with Gasteiger partial charge in [-0.2, -0.15) is 0 Å². The molecule has 25 heavy (non-hydrogen) atoms. The van der Waals surface area contributed by atoms with Crippen LogP contribution in [0.25, 0.3) is 0 Å². The van der Waals surface area contributed by atoms with Crippen LogP contribution in [0.1, 0.15) is 73.1 Å². The van der Waals surface area contributed by atoms with Gasteiger partial charge in [-0.3, -0.25) is 4.90 Å². The molecule has 2 nitrogen and oxygen atoms in total. The van der Waals surface area contributed by atoms with Crippen molar-refractivity contribution in [2.24, 2.45) is 17.8 Å². The van der Waals surface area contributed by atoms with E-state index in [-0.39, 0.29) is 12.6 Å². The number of piperidine rings is 2. The van der Waals surface area contributed by atoms with Gasteiger partial charge in [-0.1, -0.05) is 20.8 Å². The summed E-state index contributed by atoms with van der Waals surface area (Å²) < 4.78 is 28.4. The molecule has 0 bridgehead atoms. The van der Waals surface area contributed by atoms with Gasteiger partial charge in [-0.15, -0.1) is 0 Å². The Hall–Kier alpha value is -0.220. The smallest absolute Gasteiger partial charge is 0.263 e. The molecule has 2 aliphatic rings. The van der Waals surface area contributed by atoms with Crippen LogP contribution in [0.15, 0.2) is 0 Å². The van der Waals surface area contributed by atoms with Crippen molar-refractivity contribution in [3.05, 3.63) is 0 Å². The van der Waals surface area contributed by atoms with Crippen LogP contribution in [0.3, 0.4) is 0 Å². The Labute approximate surface area is 154 Å². The number of rotatable bonds is 7. The van der Waals surface area contributed by atoms with Crippen molar-refractivity contribution >= 4 is 0 Å². The molecule has 0 amide bonds. The molecule has 0 aromatic carbocycles. The Morgan fingerprint density at radius 3 is 1.88 bits per heavy atom. The second-order valence-electron chi connectivity index (χ2n) is 9.02. The Morgan fingerprint density at radius 1 is 0.880 bits per heavy atom. The van der Waals surface area contributed by atoms with Crippen molar-refractivity contribution < 1.29 is 8.78 Å². The number of nitrogens with zero attached hydrogens (tertiary/aromatic N) is 2. The fourth-order valence-electron chi connectivity index (χ4n) is 4.77. The van der Waals surface area contributed by atoms with Gasteiger partial charge in [0.2, 0.25) is 0 Å². The zero-order valence-corrected chi connectivity index (χ0v) is 17.1. The van der Waals surface area contributed by atoms with Crippen LogP contribution < -0.4 is 0 Å². The summed E-state index contributed by atoms with van der Waals surface area (Å²) in [4.78, 5) is 4.65. The highest BCUT2D eigenvalue weighted by Gasteiger charge is 2.44. The minimum absolute atomic E-state index is 0.0408. The van der Waals surface area contributed by atoms with E-state index in [9.17, 15) is 8.78 Å². The van der Waals surface area contributed by atoms with Gasteiger partial charge in [0.15, 0.2) is 0 Å². The van der Waals surface area contributed by atoms with Crippen molar-refractivity contribution in [1.82, 2.24) is 9.80 Å². The first-order valence-electron chi connectivity index (χ1n) is 10.6. The summed E-state index contributed by atoms with van der Waals surface area (Å²) in [7, 11) is 0. The number of alkyl halides is 2. The lowest BCUT2D eigenvalue weighted by Crippen LogP contribution is -2.51. The molecule has 0 N–H and O–H groups in total. The van der Waals surface area contributed by atoms with E-state index in [2.05, 4.69) is 32.6 Å². The number of hydrogen-bond donors (Lipinski definition) is 0. The molecule has 0 saturated carbocycles. The third-order valence-electron chi connectivity index (χ3n) is 7.03. The number of likely N-dealkylation sites (tertiary alicyclic amines) is 2. The molecule has 3 unspecified atom stereocenters. The lowest BCUT2D eigenvalue weighted by molar-refractivity contribution is -0.119. The van der Waals surface area contributed by atoms with Gasteiger partial charge in [0.25, 0.3) is 5.92 Å². The summed E-state index contributed by atoms with van der Waals surface area (Å²) in [5, 5.41) is 0. The van der Waals surface area contributed by atoms with Gasteiger partial charge in [-0.05, 0) is 83.8 Å². The summed E-state index contributed by atoms with van der Waals surface area (Å²) in [6.07, 6.45) is 6.01. The van der Waals surface area contributed by atoms with E-state index in [1.807, 2.05) is 11.8 Å². The largest absolute Gasteiger partial charge is 0.301 e. The van der Waals surface area contributed by atoms with Gasteiger partial charge in [0.1, 0.15) is 0 Å². The standard InChI is InChI=1S/C21H40F2N2/c1-6-20-11-14-25(15-21(20,22)23)18(5)8-7-17(4)24-12-9-19(10-13-24)16(2)3/h16-20H,6-15H2,1-5H3. The molecular weight excluding hydrogens is 318 g/mol. The molecule has 148 valence electrons. The van der Waals surface area contributed by atoms with E-state index >= 15 is 0 Å². The van der Waals surface area contributed by atoms with Crippen LogP contribution in [0.4, 0.5) is 8.78 Å². The summed E-state index contributed by atoms with van der Waals surface area (Å²) in [6, 6.07) is 0.837. The van der Waals surface area contributed by atoms with Crippen molar-refractivity contribution in [2.45, 2.75) is 91.1 Å². The highest BCUT2D eigenvalue weighted by molar-refractivity contribution is 4.88. The average Bonchev–Trinajstić information content (AvgIpc) is 2.58. The van der Waals surface area contributed by atoms with Crippen LogP contribution in [0, 0.1) is 17.8 Å².